The molecule has 2 aromatic carbocycles. The minimum Gasteiger partial charge on any atom is -0.463 e. The van der Waals surface area contributed by atoms with Gasteiger partial charge >= 0.3 is 0 Å². The predicted octanol–water partition coefficient (Wildman–Crippen LogP) is 1.29. The van der Waals surface area contributed by atoms with Gasteiger partial charge in [0.1, 0.15) is 42.0 Å². The molecule has 0 spiro atoms. The highest BCUT2D eigenvalue weighted by Crippen LogP contribution is 2.27. The number of benzene rings is 2. The van der Waals surface area contributed by atoms with E-state index in [2.05, 4.69) is 0 Å². The van der Waals surface area contributed by atoms with Crippen molar-refractivity contribution >= 4 is 22.6 Å². The summed E-state index contributed by atoms with van der Waals surface area (Å²) < 4.78 is 16.5. The number of aliphatic hydroxyl groups is 4. The predicted molar refractivity (Wildman–Crippen MR) is 107 cm³/mol. The van der Waals surface area contributed by atoms with Crippen LogP contribution in [0, 0.1) is 0 Å². The van der Waals surface area contributed by atoms with Crippen LogP contribution in [0.2, 0.25) is 5.02 Å². The Morgan fingerprint density at radius 1 is 1.00 bits per heavy atom. The van der Waals surface area contributed by atoms with Gasteiger partial charge in [0.25, 0.3) is 0 Å². The Kier molecular flexibility index (Phi) is 5.79. The van der Waals surface area contributed by atoms with E-state index in [4.69, 9.17) is 25.5 Å². The molecule has 5 atom stereocenters. The van der Waals surface area contributed by atoms with Crippen LogP contribution in [0.25, 0.3) is 22.1 Å². The molecule has 3 aromatic rings. The number of fused-ring (bicyclic) bond motifs is 1. The monoisotopic (exact) mass is 434 g/mol. The summed E-state index contributed by atoms with van der Waals surface area (Å²) in [7, 11) is 0. The van der Waals surface area contributed by atoms with Gasteiger partial charge in [-0.1, -0.05) is 23.7 Å². The van der Waals surface area contributed by atoms with E-state index in [1.54, 1.807) is 24.3 Å². The second-order valence-electron chi connectivity index (χ2n) is 6.96. The molecule has 30 heavy (non-hydrogen) atoms. The molecule has 1 fully saturated rings. The first-order chi connectivity index (χ1) is 14.4. The highest BCUT2D eigenvalue weighted by molar-refractivity contribution is 6.30. The quantitative estimate of drug-likeness (QED) is 0.483. The first-order valence-corrected chi connectivity index (χ1v) is 9.55. The van der Waals surface area contributed by atoms with Crippen LogP contribution in [-0.4, -0.2) is 57.7 Å². The number of hydrogen-bond donors (Lipinski definition) is 4. The van der Waals surface area contributed by atoms with Crippen LogP contribution in [-0.2, 0) is 4.74 Å². The fourth-order valence-electron chi connectivity index (χ4n) is 3.31. The number of rotatable bonds is 4. The molecule has 0 radical (unpaired) electrons. The molecule has 9 heteroatoms. The SMILES string of the molecule is O=c1c(-c2ccc(Cl)cc2)coc2cc(O[C@H]3O[C@H](CO)[C@@H](O)[C@@H](O)[C@@H]3O)ccc12. The molecule has 0 amide bonds. The highest BCUT2D eigenvalue weighted by atomic mass is 35.5. The van der Waals surface area contributed by atoms with E-state index < -0.39 is 37.3 Å². The fourth-order valence-corrected chi connectivity index (χ4v) is 3.44. The van der Waals surface area contributed by atoms with Crippen LogP contribution in [0.1, 0.15) is 0 Å². The van der Waals surface area contributed by atoms with Gasteiger partial charge in [-0.2, -0.15) is 0 Å². The smallest absolute Gasteiger partial charge is 0.229 e. The maximum Gasteiger partial charge on any atom is 0.229 e. The van der Waals surface area contributed by atoms with Crippen molar-refractivity contribution in [2.45, 2.75) is 30.7 Å². The molecular formula is C21H19ClO8. The zero-order valence-corrected chi connectivity index (χ0v) is 16.3. The van der Waals surface area contributed by atoms with E-state index in [0.717, 1.165) is 0 Å². The standard InChI is InChI=1S/C21H19ClO8/c22-11-3-1-10(2-4-11)14-9-28-15-7-12(5-6-13(15)17(14)24)29-21-20(27)19(26)18(25)16(8-23)30-21/h1-7,9,16,18-21,23,25-27H,8H2/t16-,18-,19-,20+,21+/m1/s1. The maximum atomic E-state index is 12.8. The first kappa shape index (κ1) is 20.8. The van der Waals surface area contributed by atoms with Crippen molar-refractivity contribution in [1.82, 2.24) is 0 Å². The molecule has 1 aliphatic rings. The molecule has 0 bridgehead atoms. The van der Waals surface area contributed by atoms with Crippen molar-refractivity contribution in [2.75, 3.05) is 6.61 Å². The number of ether oxygens (including phenoxy) is 2. The minimum atomic E-state index is -1.55. The average Bonchev–Trinajstić information content (AvgIpc) is 2.75. The van der Waals surface area contributed by atoms with Gasteiger partial charge in [-0.25, -0.2) is 0 Å². The summed E-state index contributed by atoms with van der Waals surface area (Å²) in [4.78, 5) is 12.8. The van der Waals surface area contributed by atoms with Crippen molar-refractivity contribution in [3.05, 3.63) is 64.0 Å². The van der Waals surface area contributed by atoms with Crippen LogP contribution < -0.4 is 10.2 Å². The van der Waals surface area contributed by atoms with Gasteiger partial charge in [-0.15, -0.1) is 0 Å². The molecular weight excluding hydrogens is 416 g/mol. The van der Waals surface area contributed by atoms with Gasteiger partial charge in [0, 0.05) is 11.1 Å². The normalized spacial score (nSPS) is 26.6. The number of hydrogen-bond acceptors (Lipinski definition) is 8. The summed E-state index contributed by atoms with van der Waals surface area (Å²) in [5.41, 5.74) is 1.05. The Morgan fingerprint density at radius 3 is 2.43 bits per heavy atom. The molecule has 4 rings (SSSR count). The van der Waals surface area contributed by atoms with Crippen LogP contribution >= 0.6 is 11.6 Å². The van der Waals surface area contributed by atoms with E-state index in [1.807, 2.05) is 0 Å². The number of halogens is 1. The molecule has 1 saturated heterocycles. The first-order valence-electron chi connectivity index (χ1n) is 9.17. The summed E-state index contributed by atoms with van der Waals surface area (Å²) in [6.07, 6.45) is -5.66. The summed E-state index contributed by atoms with van der Waals surface area (Å²) in [6, 6.07) is 11.3. The molecule has 4 N–H and O–H groups in total. The van der Waals surface area contributed by atoms with Crippen molar-refractivity contribution in [1.29, 1.82) is 0 Å². The van der Waals surface area contributed by atoms with Crippen LogP contribution in [0.15, 0.2) is 57.9 Å². The lowest BCUT2D eigenvalue weighted by atomic mass is 9.99. The van der Waals surface area contributed by atoms with Gasteiger partial charge in [0.2, 0.25) is 6.29 Å². The van der Waals surface area contributed by atoms with Gasteiger partial charge in [0.15, 0.2) is 5.43 Å². The van der Waals surface area contributed by atoms with E-state index in [0.29, 0.717) is 21.5 Å². The lowest BCUT2D eigenvalue weighted by Crippen LogP contribution is -2.60. The third-order valence-corrected chi connectivity index (χ3v) is 5.25. The Morgan fingerprint density at radius 2 is 1.73 bits per heavy atom. The van der Waals surface area contributed by atoms with E-state index in [-0.39, 0.29) is 16.8 Å². The van der Waals surface area contributed by atoms with Crippen molar-refractivity contribution in [3.8, 4) is 16.9 Å². The van der Waals surface area contributed by atoms with Crippen LogP contribution in [0.3, 0.4) is 0 Å². The Labute approximate surface area is 175 Å². The Bertz CT molecular complexity index is 1090. The topological polar surface area (TPSA) is 130 Å². The Balaban J connectivity index is 1.62. The molecule has 0 saturated carbocycles. The highest BCUT2D eigenvalue weighted by Gasteiger charge is 2.44. The summed E-state index contributed by atoms with van der Waals surface area (Å²) >= 11 is 5.89. The lowest BCUT2D eigenvalue weighted by Gasteiger charge is -2.39. The second-order valence-corrected chi connectivity index (χ2v) is 7.39. The summed E-state index contributed by atoms with van der Waals surface area (Å²) in [6.45, 7) is -0.565. The zero-order chi connectivity index (χ0) is 21.4. The molecule has 1 aliphatic heterocycles. The summed E-state index contributed by atoms with van der Waals surface area (Å²) in [5.74, 6) is 0.203. The molecule has 1 aromatic heterocycles. The minimum absolute atomic E-state index is 0.203. The molecule has 0 aliphatic carbocycles. The van der Waals surface area contributed by atoms with Crippen molar-refractivity contribution in [2.24, 2.45) is 0 Å². The third-order valence-electron chi connectivity index (χ3n) is 5.00. The van der Waals surface area contributed by atoms with Crippen molar-refractivity contribution in [3.63, 3.8) is 0 Å². The van der Waals surface area contributed by atoms with E-state index in [1.165, 1.54) is 24.5 Å². The summed E-state index contributed by atoms with van der Waals surface area (Å²) in [5, 5.41) is 40.0. The second kappa shape index (κ2) is 8.35. The fraction of sp³-hybridized carbons (Fsp3) is 0.286. The van der Waals surface area contributed by atoms with E-state index >= 15 is 0 Å². The lowest BCUT2D eigenvalue weighted by molar-refractivity contribution is -0.277. The van der Waals surface area contributed by atoms with Gasteiger partial charge < -0.3 is 34.3 Å². The molecule has 0 unspecified atom stereocenters. The molecule has 158 valence electrons. The third kappa shape index (κ3) is 3.81. The van der Waals surface area contributed by atoms with Crippen LogP contribution in [0.5, 0.6) is 5.75 Å². The average molecular weight is 435 g/mol. The maximum absolute atomic E-state index is 12.8. The van der Waals surface area contributed by atoms with Gasteiger partial charge in [0.05, 0.1) is 17.6 Å². The Hall–Kier alpha value is -2.46. The van der Waals surface area contributed by atoms with Crippen molar-refractivity contribution < 1.29 is 34.3 Å². The molecule has 8 nitrogen and oxygen atoms in total. The van der Waals surface area contributed by atoms with Gasteiger partial charge in [-0.05, 0) is 29.8 Å². The zero-order valence-electron chi connectivity index (χ0n) is 15.5. The van der Waals surface area contributed by atoms with Gasteiger partial charge in [-0.3, -0.25) is 4.79 Å². The van der Waals surface area contributed by atoms with E-state index in [9.17, 15) is 25.2 Å². The number of aliphatic hydroxyl groups excluding tert-OH is 4. The van der Waals surface area contributed by atoms with Crippen LogP contribution in [0.4, 0.5) is 0 Å². The molecule has 2 heterocycles. The largest absolute Gasteiger partial charge is 0.463 e.